The van der Waals surface area contributed by atoms with Gasteiger partial charge < -0.3 is 19.5 Å². The zero-order valence-electron chi connectivity index (χ0n) is 22.6. The fourth-order valence-corrected chi connectivity index (χ4v) is 5.78. The molecule has 2 N–H and O–H groups in total. The average molecular weight is 512 g/mol. The molecule has 0 bridgehead atoms. The smallest absolute Gasteiger partial charge is 0.410 e. The predicted molar refractivity (Wildman–Crippen MR) is 145 cm³/mol. The number of amides is 1. The Morgan fingerprint density at radius 3 is 2.14 bits per heavy atom. The van der Waals surface area contributed by atoms with Crippen LogP contribution in [0.25, 0.3) is 11.1 Å². The fourth-order valence-electron chi connectivity index (χ4n) is 5.02. The molecule has 2 aromatic carbocycles. The van der Waals surface area contributed by atoms with Gasteiger partial charge in [-0.2, -0.15) is 0 Å². The number of ether oxygens (including phenoxy) is 1. The molecule has 6 nitrogen and oxygen atoms in total. The lowest BCUT2D eigenvalue weighted by Gasteiger charge is -2.47. The van der Waals surface area contributed by atoms with E-state index in [1.807, 2.05) is 82.4 Å². The quantitative estimate of drug-likeness (QED) is 0.440. The first-order valence-corrected chi connectivity index (χ1v) is 15.6. The first-order chi connectivity index (χ1) is 16.6. The number of benzene rings is 2. The molecule has 1 amide bonds. The van der Waals surface area contributed by atoms with Gasteiger partial charge in [0.25, 0.3) is 0 Å². The molecule has 1 aliphatic rings. The molecule has 1 saturated heterocycles. The highest BCUT2D eigenvalue weighted by molar-refractivity contribution is 6.72. The highest BCUT2D eigenvalue weighted by atomic mass is 28.4. The summed E-state index contributed by atoms with van der Waals surface area (Å²) in [6.07, 6.45) is 0.111. The Morgan fingerprint density at radius 1 is 0.972 bits per heavy atom. The summed E-state index contributed by atoms with van der Waals surface area (Å²) in [4.78, 5) is 38.3. The van der Waals surface area contributed by atoms with E-state index >= 15 is 0 Å². The largest absolute Gasteiger partial charge is 0.481 e. The van der Waals surface area contributed by atoms with Crippen LogP contribution < -0.4 is 0 Å². The van der Waals surface area contributed by atoms with Crippen LogP contribution in [-0.2, 0) is 9.53 Å². The van der Waals surface area contributed by atoms with E-state index in [0.29, 0.717) is 13.0 Å². The Morgan fingerprint density at radius 2 is 1.58 bits per heavy atom. The molecule has 0 saturated carbocycles. The molecule has 7 heteroatoms. The van der Waals surface area contributed by atoms with Gasteiger partial charge in [0.05, 0.1) is 5.92 Å². The van der Waals surface area contributed by atoms with Gasteiger partial charge in [0.15, 0.2) is 8.32 Å². The third-order valence-electron chi connectivity index (χ3n) is 7.59. The van der Waals surface area contributed by atoms with Crippen molar-refractivity contribution in [2.24, 2.45) is 11.8 Å². The zero-order chi connectivity index (χ0) is 26.9. The van der Waals surface area contributed by atoms with E-state index in [4.69, 9.17) is 4.74 Å². The van der Waals surface area contributed by atoms with Gasteiger partial charge in [-0.25, -0.2) is 4.79 Å². The first-order valence-electron chi connectivity index (χ1n) is 12.7. The average Bonchev–Trinajstić information content (AvgIpc) is 2.77. The van der Waals surface area contributed by atoms with Gasteiger partial charge in [-0.15, -0.1) is 0 Å². The number of aliphatic carboxylic acids is 1. The third kappa shape index (κ3) is 6.56. The summed E-state index contributed by atoms with van der Waals surface area (Å²) < 4.78 is 5.62. The SMILES string of the molecule is CC(C)(C)OC(=O)N1C[C@@H](CC(C)(C)[Si](C)(C)O)[C@H](c2cccc(-c3ccccc3)c2)[C@@H](C(=O)O)C1. The Hall–Kier alpha value is -2.64. The number of hydrogen-bond acceptors (Lipinski definition) is 4. The van der Waals surface area contributed by atoms with Crippen LogP contribution in [-0.4, -0.2) is 53.9 Å². The monoisotopic (exact) mass is 511 g/mol. The minimum absolute atomic E-state index is 0.0847. The maximum atomic E-state index is 13.0. The van der Waals surface area contributed by atoms with Crippen molar-refractivity contribution in [2.45, 2.75) is 70.7 Å². The summed E-state index contributed by atoms with van der Waals surface area (Å²) in [5.41, 5.74) is 2.37. The Kier molecular flexibility index (Phi) is 8.06. The van der Waals surface area contributed by atoms with E-state index in [9.17, 15) is 19.5 Å². The van der Waals surface area contributed by atoms with Crippen LogP contribution in [0.15, 0.2) is 54.6 Å². The first kappa shape index (κ1) is 27.9. The maximum absolute atomic E-state index is 13.0. The number of piperidine rings is 1. The molecule has 0 radical (unpaired) electrons. The second-order valence-corrected chi connectivity index (χ2v) is 16.7. The summed E-state index contributed by atoms with van der Waals surface area (Å²) in [6.45, 7) is 13.8. The lowest BCUT2D eigenvalue weighted by atomic mass is 9.70. The molecule has 1 heterocycles. The van der Waals surface area contributed by atoms with Crippen LogP contribution in [0.3, 0.4) is 0 Å². The summed E-state index contributed by atoms with van der Waals surface area (Å²) >= 11 is 0. The van der Waals surface area contributed by atoms with Crippen LogP contribution in [0.1, 0.15) is 52.5 Å². The number of carbonyl (C=O) groups excluding carboxylic acids is 1. The molecule has 3 rings (SSSR count). The lowest BCUT2D eigenvalue weighted by molar-refractivity contribution is -0.145. The molecular weight excluding hydrogens is 470 g/mol. The summed E-state index contributed by atoms with van der Waals surface area (Å²) in [5, 5.41) is 9.96. The van der Waals surface area contributed by atoms with Crippen LogP contribution >= 0.6 is 0 Å². The predicted octanol–water partition coefficient (Wildman–Crippen LogP) is 6.37. The number of carboxylic acids is 1. The molecule has 196 valence electrons. The zero-order valence-corrected chi connectivity index (χ0v) is 23.6. The maximum Gasteiger partial charge on any atom is 0.410 e. The van der Waals surface area contributed by atoms with Crippen LogP contribution in [0, 0.1) is 11.8 Å². The Bertz CT molecular complexity index is 1070. The van der Waals surface area contributed by atoms with Crippen LogP contribution in [0.5, 0.6) is 0 Å². The van der Waals surface area contributed by atoms with Gasteiger partial charge in [0.1, 0.15) is 5.60 Å². The van der Waals surface area contributed by atoms with Crippen LogP contribution in [0.2, 0.25) is 18.1 Å². The number of carbonyl (C=O) groups is 2. The molecule has 0 aliphatic carbocycles. The fraction of sp³-hybridized carbons (Fsp3) is 0.517. The van der Waals surface area contributed by atoms with E-state index in [0.717, 1.165) is 16.7 Å². The van der Waals surface area contributed by atoms with E-state index in [1.165, 1.54) is 0 Å². The van der Waals surface area contributed by atoms with Crippen molar-refractivity contribution in [2.75, 3.05) is 13.1 Å². The number of rotatable bonds is 6. The van der Waals surface area contributed by atoms with Gasteiger partial charge in [-0.3, -0.25) is 4.79 Å². The second kappa shape index (κ2) is 10.4. The van der Waals surface area contributed by atoms with Crippen molar-refractivity contribution < 1.29 is 24.2 Å². The molecule has 0 spiro atoms. The highest BCUT2D eigenvalue weighted by Gasteiger charge is 2.48. The Labute approximate surface area is 216 Å². The van der Waals surface area contributed by atoms with Gasteiger partial charge in [0.2, 0.25) is 0 Å². The van der Waals surface area contributed by atoms with E-state index in [-0.39, 0.29) is 23.4 Å². The van der Waals surface area contributed by atoms with Crippen molar-refractivity contribution in [1.29, 1.82) is 0 Å². The topological polar surface area (TPSA) is 87.1 Å². The number of nitrogens with zero attached hydrogens (tertiary/aromatic N) is 1. The normalized spacial score (nSPS) is 21.2. The van der Waals surface area contributed by atoms with E-state index < -0.39 is 31.9 Å². The summed E-state index contributed by atoms with van der Waals surface area (Å²) in [5.74, 6) is -2.18. The number of carboxylic acid groups (broad SMARTS) is 1. The highest BCUT2D eigenvalue weighted by Crippen LogP contribution is 2.49. The molecule has 3 atom stereocenters. The molecule has 2 aromatic rings. The van der Waals surface area contributed by atoms with Gasteiger partial charge >= 0.3 is 12.1 Å². The molecule has 0 unspecified atom stereocenters. The molecular formula is C29H41NO5Si. The molecule has 0 aromatic heterocycles. The molecule has 1 aliphatic heterocycles. The van der Waals surface area contributed by atoms with Crippen molar-refractivity contribution in [1.82, 2.24) is 4.90 Å². The number of likely N-dealkylation sites (tertiary alicyclic amines) is 1. The summed E-state index contributed by atoms with van der Waals surface area (Å²) in [6, 6.07) is 18.1. The number of hydrogen-bond donors (Lipinski definition) is 2. The van der Waals surface area contributed by atoms with E-state index in [1.54, 1.807) is 4.90 Å². The summed E-state index contributed by atoms with van der Waals surface area (Å²) in [7, 11) is -2.58. The third-order valence-corrected chi connectivity index (χ3v) is 11.1. The molecule has 36 heavy (non-hydrogen) atoms. The van der Waals surface area contributed by atoms with Crippen molar-refractivity contribution in [3.05, 3.63) is 60.2 Å². The second-order valence-electron chi connectivity index (χ2n) is 12.3. The standard InChI is InChI=1S/C29H41NO5Si/c1-28(2,3)35-27(33)30-18-23(17-29(4,5)36(6,7)34)25(24(19-30)26(31)32)22-15-11-14-21(16-22)20-12-9-8-10-13-20/h8-16,23-25,34H,17-19H2,1-7H3,(H,31,32)/t23-,24+,25+/m1/s1. The van der Waals surface area contributed by atoms with Crippen molar-refractivity contribution in [3.63, 3.8) is 0 Å². The van der Waals surface area contributed by atoms with E-state index in [2.05, 4.69) is 19.9 Å². The van der Waals surface area contributed by atoms with Gasteiger partial charge in [0, 0.05) is 19.0 Å². The van der Waals surface area contributed by atoms with Gasteiger partial charge in [-0.1, -0.05) is 68.4 Å². The Balaban J connectivity index is 2.06. The lowest BCUT2D eigenvalue weighted by Crippen LogP contribution is -2.53. The van der Waals surface area contributed by atoms with Gasteiger partial charge in [-0.05, 0) is 67.9 Å². The molecule has 1 fully saturated rings. The minimum atomic E-state index is -2.58. The van der Waals surface area contributed by atoms with Crippen molar-refractivity contribution in [3.8, 4) is 11.1 Å². The minimum Gasteiger partial charge on any atom is -0.481 e. The van der Waals surface area contributed by atoms with Crippen molar-refractivity contribution >= 4 is 20.4 Å². The van der Waals surface area contributed by atoms with Crippen LogP contribution in [0.4, 0.5) is 4.79 Å².